The van der Waals surface area contributed by atoms with Crippen LogP contribution in [0.15, 0.2) is 0 Å². The Morgan fingerprint density at radius 2 is 1.10 bits per heavy atom. The van der Waals surface area contributed by atoms with Crippen molar-refractivity contribution in [2.45, 2.75) is 102 Å². The second-order valence-corrected chi connectivity index (χ2v) is 10.7. The van der Waals surface area contributed by atoms with E-state index < -0.39 is 0 Å². The third-order valence-electron chi connectivity index (χ3n) is 6.96. The van der Waals surface area contributed by atoms with Crippen LogP contribution in [0.1, 0.15) is 102 Å². The Morgan fingerprint density at radius 1 is 0.667 bits per heavy atom. The number of hydrogen-bond donors (Lipinski definition) is 0. The molecule has 0 aliphatic heterocycles. The van der Waals surface area contributed by atoms with Gasteiger partial charge in [0, 0.05) is 0 Å². The van der Waals surface area contributed by atoms with Crippen molar-refractivity contribution in [3.63, 3.8) is 0 Å². The van der Waals surface area contributed by atoms with Crippen LogP contribution < -0.4 is 0 Å². The monoisotopic (exact) mass is 296 g/mol. The van der Waals surface area contributed by atoms with E-state index in [9.17, 15) is 0 Å². The Bertz CT molecular complexity index is 311. The smallest absolute Gasteiger partial charge is 0.0277 e. The minimum absolute atomic E-state index is 0.359. The molecule has 0 fully saturated rings. The lowest BCUT2D eigenvalue weighted by Gasteiger charge is -2.50. The highest BCUT2D eigenvalue weighted by molar-refractivity contribution is 4.93. The predicted molar refractivity (Wildman–Crippen MR) is 98.7 cm³/mol. The molecule has 0 aliphatic carbocycles. The molecule has 0 aromatic carbocycles. The van der Waals surface area contributed by atoms with Crippen LogP contribution in [0.2, 0.25) is 0 Å². The van der Waals surface area contributed by atoms with E-state index in [2.05, 4.69) is 83.1 Å². The first kappa shape index (κ1) is 21.0. The molecule has 0 radical (unpaired) electrons. The van der Waals surface area contributed by atoms with Crippen LogP contribution in [0.4, 0.5) is 0 Å². The molecule has 0 heteroatoms. The molecule has 0 saturated heterocycles. The minimum Gasteiger partial charge on any atom is -0.0649 e. The Morgan fingerprint density at radius 3 is 1.43 bits per heavy atom. The topological polar surface area (TPSA) is 0 Å². The van der Waals surface area contributed by atoms with Crippen LogP contribution in [-0.2, 0) is 0 Å². The van der Waals surface area contributed by atoms with Gasteiger partial charge in [-0.1, -0.05) is 89.5 Å². The summed E-state index contributed by atoms with van der Waals surface area (Å²) in [5.41, 5.74) is 1.59. The van der Waals surface area contributed by atoms with Gasteiger partial charge in [0.2, 0.25) is 0 Å². The molecule has 2 atom stereocenters. The lowest BCUT2D eigenvalue weighted by molar-refractivity contribution is -0.00603. The SMILES string of the molecule is CCC(C)(C)C(C)CC(C)(C)C(C)(C)C(C)CC(C)(C)C. The first-order valence-electron chi connectivity index (χ1n) is 9.07. The molecule has 0 nitrogen and oxygen atoms in total. The van der Waals surface area contributed by atoms with E-state index >= 15 is 0 Å². The summed E-state index contributed by atoms with van der Waals surface area (Å²) in [4.78, 5) is 0. The minimum atomic E-state index is 0.359. The molecule has 21 heavy (non-hydrogen) atoms. The Hall–Kier alpha value is 0. The second kappa shape index (κ2) is 6.63. The van der Waals surface area contributed by atoms with Gasteiger partial charge in [-0.2, -0.15) is 0 Å². The van der Waals surface area contributed by atoms with Gasteiger partial charge in [-0.3, -0.25) is 0 Å². The zero-order valence-electron chi connectivity index (χ0n) is 17.3. The van der Waals surface area contributed by atoms with Crippen molar-refractivity contribution in [1.29, 1.82) is 0 Å². The zero-order chi connectivity index (χ0) is 17.3. The molecule has 0 heterocycles. The maximum atomic E-state index is 2.50. The van der Waals surface area contributed by atoms with Crippen molar-refractivity contribution in [1.82, 2.24) is 0 Å². The van der Waals surface area contributed by atoms with Gasteiger partial charge in [0.15, 0.2) is 0 Å². The third-order valence-corrected chi connectivity index (χ3v) is 6.96. The van der Waals surface area contributed by atoms with Gasteiger partial charge in [-0.05, 0) is 46.3 Å². The summed E-state index contributed by atoms with van der Waals surface area (Å²) in [6, 6.07) is 0. The van der Waals surface area contributed by atoms with Crippen LogP contribution >= 0.6 is 0 Å². The van der Waals surface area contributed by atoms with E-state index in [0.717, 1.165) is 11.8 Å². The van der Waals surface area contributed by atoms with Crippen molar-refractivity contribution in [3.8, 4) is 0 Å². The molecule has 0 bridgehead atoms. The summed E-state index contributed by atoms with van der Waals surface area (Å²) in [7, 11) is 0. The van der Waals surface area contributed by atoms with E-state index in [1.54, 1.807) is 0 Å². The summed E-state index contributed by atoms with van der Waals surface area (Å²) >= 11 is 0. The number of hydrogen-bond acceptors (Lipinski definition) is 0. The first-order chi connectivity index (χ1) is 9.07. The molecule has 0 rings (SSSR count). The van der Waals surface area contributed by atoms with E-state index in [-0.39, 0.29) is 0 Å². The van der Waals surface area contributed by atoms with Gasteiger partial charge in [0.05, 0.1) is 0 Å². The highest BCUT2D eigenvalue weighted by atomic mass is 14.5. The molecule has 0 aliphatic rings. The molecule has 0 aromatic rings. The lowest BCUT2D eigenvalue weighted by Crippen LogP contribution is -2.42. The van der Waals surface area contributed by atoms with Crippen LogP contribution in [0.25, 0.3) is 0 Å². The maximum Gasteiger partial charge on any atom is -0.0277 e. The maximum absolute atomic E-state index is 2.50. The van der Waals surface area contributed by atoms with Crippen LogP contribution in [0.5, 0.6) is 0 Å². The van der Waals surface area contributed by atoms with Crippen molar-refractivity contribution < 1.29 is 0 Å². The van der Waals surface area contributed by atoms with Gasteiger partial charge in [0.1, 0.15) is 0 Å². The van der Waals surface area contributed by atoms with Gasteiger partial charge in [-0.15, -0.1) is 0 Å². The van der Waals surface area contributed by atoms with Crippen molar-refractivity contribution >= 4 is 0 Å². The second-order valence-electron chi connectivity index (χ2n) is 10.7. The Balaban J connectivity index is 5.11. The van der Waals surface area contributed by atoms with E-state index in [1.807, 2.05) is 0 Å². The van der Waals surface area contributed by atoms with Crippen molar-refractivity contribution in [2.75, 3.05) is 0 Å². The largest absolute Gasteiger partial charge is 0.0649 e. The van der Waals surface area contributed by atoms with Crippen molar-refractivity contribution in [2.24, 2.45) is 33.5 Å². The molecule has 0 N–H and O–H groups in total. The fraction of sp³-hybridized carbons (Fsp3) is 1.00. The molecular formula is C21H44. The standard InChI is InChI=1S/C21H44/c1-13-19(7,8)16(2)15-20(9,10)21(11,12)17(3)14-18(4,5)6/h16-17H,13-15H2,1-12H3. The van der Waals surface area contributed by atoms with Gasteiger partial charge in [0.25, 0.3) is 0 Å². The summed E-state index contributed by atoms with van der Waals surface area (Å²) in [6.07, 6.45) is 3.88. The third kappa shape index (κ3) is 5.61. The average molecular weight is 297 g/mol. The molecule has 0 aromatic heterocycles. The van der Waals surface area contributed by atoms with Crippen LogP contribution in [0.3, 0.4) is 0 Å². The van der Waals surface area contributed by atoms with Crippen LogP contribution in [0, 0.1) is 33.5 Å². The molecule has 0 amide bonds. The Kier molecular flexibility index (Phi) is 6.63. The predicted octanol–water partition coefficient (Wildman–Crippen LogP) is 7.57. The quantitative estimate of drug-likeness (QED) is 0.454. The van der Waals surface area contributed by atoms with Crippen molar-refractivity contribution in [3.05, 3.63) is 0 Å². The highest BCUT2D eigenvalue weighted by Gasteiger charge is 2.44. The molecular weight excluding hydrogens is 252 g/mol. The molecule has 0 spiro atoms. The molecule has 2 unspecified atom stereocenters. The number of rotatable bonds is 7. The fourth-order valence-electron chi connectivity index (χ4n) is 3.49. The summed E-state index contributed by atoms with van der Waals surface area (Å²) in [6.45, 7) is 29.2. The first-order valence-corrected chi connectivity index (χ1v) is 9.07. The normalized spacial score (nSPS) is 17.7. The average Bonchev–Trinajstić information content (AvgIpc) is 2.25. The lowest BCUT2D eigenvalue weighted by atomic mass is 9.55. The molecule has 0 saturated carbocycles. The molecule has 128 valence electrons. The zero-order valence-corrected chi connectivity index (χ0v) is 17.3. The summed E-state index contributed by atoms with van der Waals surface area (Å²) in [5.74, 6) is 1.50. The van der Waals surface area contributed by atoms with Gasteiger partial charge in [-0.25, -0.2) is 0 Å². The van der Waals surface area contributed by atoms with E-state index in [0.29, 0.717) is 21.7 Å². The Labute approximate surface area is 136 Å². The van der Waals surface area contributed by atoms with E-state index in [4.69, 9.17) is 0 Å². The highest BCUT2D eigenvalue weighted by Crippen LogP contribution is 2.52. The van der Waals surface area contributed by atoms with Crippen LogP contribution in [-0.4, -0.2) is 0 Å². The van der Waals surface area contributed by atoms with E-state index in [1.165, 1.54) is 19.3 Å². The van der Waals surface area contributed by atoms with Gasteiger partial charge >= 0.3 is 0 Å². The summed E-state index contributed by atoms with van der Waals surface area (Å²) in [5, 5.41) is 0. The summed E-state index contributed by atoms with van der Waals surface area (Å²) < 4.78 is 0. The van der Waals surface area contributed by atoms with Gasteiger partial charge < -0.3 is 0 Å². The fourth-order valence-corrected chi connectivity index (χ4v) is 3.49.